The van der Waals surface area contributed by atoms with Crippen LogP contribution in [-0.2, 0) is 6.42 Å². The summed E-state index contributed by atoms with van der Waals surface area (Å²) in [5.74, 6) is 0.351. The monoisotopic (exact) mass is 184 g/mol. The molecule has 0 atom stereocenters. The summed E-state index contributed by atoms with van der Waals surface area (Å²) in [6.45, 7) is 3.95. The van der Waals surface area contributed by atoms with Crippen molar-refractivity contribution in [3.63, 3.8) is 0 Å². The lowest BCUT2D eigenvalue weighted by molar-refractivity contribution is 0.463. The van der Waals surface area contributed by atoms with E-state index < -0.39 is 0 Å². The van der Waals surface area contributed by atoms with E-state index >= 15 is 0 Å². The molecular formula is C10H13ClO. The molecule has 0 heterocycles. The largest absolute Gasteiger partial charge is 0.507 e. The van der Waals surface area contributed by atoms with E-state index in [9.17, 15) is 5.11 Å². The molecule has 0 fully saturated rings. The van der Waals surface area contributed by atoms with Gasteiger partial charge in [-0.3, -0.25) is 0 Å². The van der Waals surface area contributed by atoms with Crippen LogP contribution in [0.2, 0.25) is 5.02 Å². The van der Waals surface area contributed by atoms with Crippen molar-refractivity contribution in [1.82, 2.24) is 0 Å². The van der Waals surface area contributed by atoms with Crippen LogP contribution in [0.3, 0.4) is 0 Å². The fourth-order valence-electron chi connectivity index (χ4n) is 1.22. The summed E-state index contributed by atoms with van der Waals surface area (Å²) in [6, 6.07) is 3.67. The quantitative estimate of drug-likeness (QED) is 0.748. The number of aryl methyl sites for hydroxylation is 1. The van der Waals surface area contributed by atoms with E-state index in [0.717, 1.165) is 24.0 Å². The number of phenols is 1. The predicted molar refractivity (Wildman–Crippen MR) is 51.8 cm³/mol. The van der Waals surface area contributed by atoms with Gasteiger partial charge >= 0.3 is 0 Å². The Labute approximate surface area is 78.0 Å². The molecule has 0 aliphatic carbocycles. The van der Waals surface area contributed by atoms with Crippen molar-refractivity contribution in [2.75, 3.05) is 0 Å². The number of benzene rings is 1. The van der Waals surface area contributed by atoms with Crippen LogP contribution in [0.4, 0.5) is 0 Å². The maximum atomic E-state index is 9.63. The van der Waals surface area contributed by atoms with Gasteiger partial charge in [0, 0.05) is 10.6 Å². The molecule has 0 radical (unpaired) electrons. The number of hydrogen-bond acceptors (Lipinski definition) is 1. The highest BCUT2D eigenvalue weighted by atomic mass is 35.5. The second-order valence-corrected chi connectivity index (χ2v) is 3.35. The van der Waals surface area contributed by atoms with Crippen LogP contribution in [0.5, 0.6) is 5.75 Å². The minimum absolute atomic E-state index is 0.351. The molecule has 2 heteroatoms. The molecule has 1 nitrogen and oxygen atoms in total. The third kappa shape index (κ3) is 1.72. The van der Waals surface area contributed by atoms with E-state index in [1.807, 2.05) is 19.1 Å². The van der Waals surface area contributed by atoms with E-state index in [-0.39, 0.29) is 0 Å². The Kier molecular flexibility index (Phi) is 2.99. The number of rotatable bonds is 2. The second-order valence-electron chi connectivity index (χ2n) is 2.94. The normalized spacial score (nSPS) is 10.2. The molecule has 1 rings (SSSR count). The topological polar surface area (TPSA) is 20.2 Å². The van der Waals surface area contributed by atoms with Gasteiger partial charge < -0.3 is 5.11 Å². The summed E-state index contributed by atoms with van der Waals surface area (Å²) < 4.78 is 0. The summed E-state index contributed by atoms with van der Waals surface area (Å²) in [4.78, 5) is 0. The maximum absolute atomic E-state index is 9.63. The zero-order valence-electron chi connectivity index (χ0n) is 7.39. The van der Waals surface area contributed by atoms with Gasteiger partial charge in [-0.25, -0.2) is 0 Å². The standard InChI is InChI=1S/C10H13ClO/c1-3-4-8-9(11)6-5-7(2)10(8)12/h5-6,12H,3-4H2,1-2H3. The first-order chi connectivity index (χ1) is 5.66. The van der Waals surface area contributed by atoms with Crippen molar-refractivity contribution in [3.8, 4) is 5.75 Å². The minimum atomic E-state index is 0.351. The van der Waals surface area contributed by atoms with Crippen LogP contribution >= 0.6 is 11.6 Å². The Bertz CT molecular complexity index is 281. The van der Waals surface area contributed by atoms with Gasteiger partial charge in [0.15, 0.2) is 0 Å². The molecule has 66 valence electrons. The first kappa shape index (κ1) is 9.40. The summed E-state index contributed by atoms with van der Waals surface area (Å²) in [6.07, 6.45) is 1.84. The average Bonchev–Trinajstić information content (AvgIpc) is 2.06. The van der Waals surface area contributed by atoms with Crippen molar-refractivity contribution in [2.45, 2.75) is 26.7 Å². The summed E-state index contributed by atoms with van der Waals surface area (Å²) in [5, 5.41) is 10.3. The molecule has 0 aliphatic heterocycles. The first-order valence-corrected chi connectivity index (χ1v) is 4.51. The van der Waals surface area contributed by atoms with Gasteiger partial charge in [0.05, 0.1) is 0 Å². The molecule has 1 aromatic rings. The van der Waals surface area contributed by atoms with E-state index in [4.69, 9.17) is 11.6 Å². The Hall–Kier alpha value is -0.690. The minimum Gasteiger partial charge on any atom is -0.507 e. The van der Waals surface area contributed by atoms with Gasteiger partial charge in [0.25, 0.3) is 0 Å². The van der Waals surface area contributed by atoms with Crippen LogP contribution in [-0.4, -0.2) is 5.11 Å². The third-order valence-electron chi connectivity index (χ3n) is 1.93. The number of halogens is 1. The zero-order valence-corrected chi connectivity index (χ0v) is 8.15. The number of aromatic hydroxyl groups is 1. The van der Waals surface area contributed by atoms with Crippen LogP contribution in [0.15, 0.2) is 12.1 Å². The molecule has 1 aromatic carbocycles. The molecule has 0 aromatic heterocycles. The van der Waals surface area contributed by atoms with Gasteiger partial charge in [-0.05, 0) is 25.0 Å². The molecule has 0 spiro atoms. The van der Waals surface area contributed by atoms with Gasteiger partial charge in [-0.1, -0.05) is 31.0 Å². The lowest BCUT2D eigenvalue weighted by atomic mass is 10.1. The third-order valence-corrected chi connectivity index (χ3v) is 2.28. The van der Waals surface area contributed by atoms with Gasteiger partial charge in [0.2, 0.25) is 0 Å². The van der Waals surface area contributed by atoms with E-state index in [1.165, 1.54) is 0 Å². The predicted octanol–water partition coefficient (Wildman–Crippen LogP) is 3.31. The van der Waals surface area contributed by atoms with Crippen molar-refractivity contribution < 1.29 is 5.11 Å². The molecule has 12 heavy (non-hydrogen) atoms. The van der Waals surface area contributed by atoms with E-state index in [0.29, 0.717) is 10.8 Å². The van der Waals surface area contributed by atoms with Gasteiger partial charge in [-0.2, -0.15) is 0 Å². The Morgan fingerprint density at radius 3 is 2.67 bits per heavy atom. The summed E-state index contributed by atoms with van der Waals surface area (Å²) in [5.41, 5.74) is 1.77. The number of hydrogen-bond donors (Lipinski definition) is 1. The van der Waals surface area contributed by atoms with Crippen molar-refractivity contribution in [3.05, 3.63) is 28.3 Å². The second kappa shape index (κ2) is 3.81. The SMILES string of the molecule is CCCc1c(Cl)ccc(C)c1O. The van der Waals surface area contributed by atoms with Crippen LogP contribution in [0.25, 0.3) is 0 Å². The number of phenolic OH excluding ortho intramolecular Hbond substituents is 1. The first-order valence-electron chi connectivity index (χ1n) is 4.13. The Morgan fingerprint density at radius 2 is 2.08 bits per heavy atom. The zero-order chi connectivity index (χ0) is 9.14. The molecule has 1 N–H and O–H groups in total. The van der Waals surface area contributed by atoms with Crippen LogP contribution in [0.1, 0.15) is 24.5 Å². The van der Waals surface area contributed by atoms with Crippen LogP contribution < -0.4 is 0 Å². The lowest BCUT2D eigenvalue weighted by Crippen LogP contribution is -1.88. The molecular weight excluding hydrogens is 172 g/mol. The Balaban J connectivity index is 3.14. The summed E-state index contributed by atoms with van der Waals surface area (Å²) in [7, 11) is 0. The van der Waals surface area contributed by atoms with Crippen LogP contribution in [0, 0.1) is 6.92 Å². The molecule has 0 unspecified atom stereocenters. The van der Waals surface area contributed by atoms with E-state index in [2.05, 4.69) is 6.92 Å². The highest BCUT2D eigenvalue weighted by Gasteiger charge is 2.07. The molecule has 0 saturated heterocycles. The van der Waals surface area contributed by atoms with Crippen molar-refractivity contribution >= 4 is 11.6 Å². The lowest BCUT2D eigenvalue weighted by Gasteiger charge is -2.07. The van der Waals surface area contributed by atoms with Crippen molar-refractivity contribution in [2.24, 2.45) is 0 Å². The van der Waals surface area contributed by atoms with Gasteiger partial charge in [-0.15, -0.1) is 0 Å². The highest BCUT2D eigenvalue weighted by molar-refractivity contribution is 6.31. The van der Waals surface area contributed by atoms with Gasteiger partial charge in [0.1, 0.15) is 5.75 Å². The molecule has 0 amide bonds. The fraction of sp³-hybridized carbons (Fsp3) is 0.400. The smallest absolute Gasteiger partial charge is 0.123 e. The molecule has 0 aliphatic rings. The molecule has 0 bridgehead atoms. The molecule has 0 saturated carbocycles. The average molecular weight is 185 g/mol. The van der Waals surface area contributed by atoms with Crippen molar-refractivity contribution in [1.29, 1.82) is 0 Å². The summed E-state index contributed by atoms with van der Waals surface area (Å²) >= 11 is 5.92. The fourth-order valence-corrected chi connectivity index (χ4v) is 1.46. The maximum Gasteiger partial charge on any atom is 0.123 e. The Morgan fingerprint density at radius 1 is 1.42 bits per heavy atom. The highest BCUT2D eigenvalue weighted by Crippen LogP contribution is 2.29. The van der Waals surface area contributed by atoms with E-state index in [1.54, 1.807) is 0 Å².